The van der Waals surface area contributed by atoms with Gasteiger partial charge in [-0.15, -0.1) is 0 Å². The molecule has 1 heterocycles. The van der Waals surface area contributed by atoms with Gasteiger partial charge in [-0.1, -0.05) is 213 Å². The standard InChI is InChI=1S/C46H69NO5Si.C38H63BO3Si/c1-17-46(18-2,36-25-23-33(31(3)29-36)24-28-39(43(5,6)7)52-53(15,16)45(11,12)13)37-26-27-38(32(4)30-37)34-19-21-35(22-20-34)40(41(48)50-14)47-42(49)51-44(8,9)10;1-17-38(18-2,31-22-23-32(28(4)26-31)39-41-36(11,12)37(13,14)42-39)30-21-19-29(27(3)25-30)20-24-33(34(5,6)7)40-43(15,16)35(8,9)10/h19-23,25-27,29-30,39-40H,17-18,24,28H2,1-16H3,(H,47,49);19,21-23,25-26,33H,17-18,20,24H2,1-16H3/t39?,40-;/m0./s1. The van der Waals surface area contributed by atoms with Gasteiger partial charge in [0.25, 0.3) is 0 Å². The third kappa shape index (κ3) is 19.4. The van der Waals surface area contributed by atoms with Gasteiger partial charge in [-0.2, -0.15) is 0 Å². The quantitative estimate of drug-likeness (QED) is 0.0510. The Labute approximate surface area is 588 Å². The number of ether oxygens (including phenoxy) is 2. The maximum atomic E-state index is 12.6. The lowest BCUT2D eigenvalue weighted by Crippen LogP contribution is -2.47. The number of esters is 1. The summed E-state index contributed by atoms with van der Waals surface area (Å²) >= 11 is 0. The fourth-order valence-electron chi connectivity index (χ4n) is 13.2. The van der Waals surface area contributed by atoms with E-state index in [-0.39, 0.29) is 62.3 Å². The summed E-state index contributed by atoms with van der Waals surface area (Å²) in [5.41, 5.74) is 16.0. The number of benzene rings is 5. The number of methoxy groups -OCH3 is 1. The predicted octanol–water partition coefficient (Wildman–Crippen LogP) is 22.3. The minimum Gasteiger partial charge on any atom is -0.467 e. The molecule has 0 radical (unpaired) electrons. The van der Waals surface area contributed by atoms with Crippen LogP contribution in [-0.2, 0) is 56.1 Å². The van der Waals surface area contributed by atoms with Gasteiger partial charge in [-0.3, -0.25) is 0 Å². The van der Waals surface area contributed by atoms with E-state index in [1.807, 2.05) is 24.3 Å². The number of aryl methyl sites for hydroxylation is 6. The van der Waals surface area contributed by atoms with E-state index in [2.05, 4.69) is 270 Å². The van der Waals surface area contributed by atoms with Gasteiger partial charge in [0.15, 0.2) is 22.7 Å². The topological polar surface area (TPSA) is 102 Å². The molecule has 0 aliphatic carbocycles. The van der Waals surface area contributed by atoms with E-state index in [9.17, 15) is 9.59 Å². The van der Waals surface area contributed by atoms with Crippen LogP contribution in [-0.4, -0.2) is 71.9 Å². The number of hydrogen-bond acceptors (Lipinski definition) is 8. The van der Waals surface area contributed by atoms with E-state index in [1.165, 1.54) is 62.7 Å². The van der Waals surface area contributed by atoms with E-state index in [0.717, 1.165) is 68.0 Å². The highest BCUT2D eigenvalue weighted by Crippen LogP contribution is 2.46. The molecule has 6 rings (SSSR count). The van der Waals surface area contributed by atoms with Crippen LogP contribution >= 0.6 is 0 Å². The first-order valence-corrected chi connectivity index (χ1v) is 42.0. The number of carbonyl (C=O) groups excluding carboxylic acids is 2. The molecule has 1 N–H and O–H groups in total. The Bertz CT molecular complexity index is 3390. The van der Waals surface area contributed by atoms with Crippen molar-refractivity contribution in [2.24, 2.45) is 10.8 Å². The molecule has 0 saturated carbocycles. The highest BCUT2D eigenvalue weighted by atomic mass is 28.4. The lowest BCUT2D eigenvalue weighted by Gasteiger charge is -2.43. The first-order chi connectivity index (χ1) is 43.9. The first-order valence-electron chi connectivity index (χ1n) is 36.2. The van der Waals surface area contributed by atoms with Crippen LogP contribution in [0.4, 0.5) is 4.79 Å². The highest BCUT2D eigenvalue weighted by Gasteiger charge is 2.52. The zero-order valence-corrected chi connectivity index (χ0v) is 68.5. The van der Waals surface area contributed by atoms with Crippen molar-refractivity contribution < 1.29 is 37.2 Å². The van der Waals surface area contributed by atoms with Gasteiger partial charge in [-0.05, 0) is 247 Å². The Hall–Kier alpha value is -4.82. The molecule has 5 aromatic rings. The van der Waals surface area contributed by atoms with Gasteiger partial charge in [0, 0.05) is 10.8 Å². The maximum absolute atomic E-state index is 12.6. The summed E-state index contributed by atoms with van der Waals surface area (Å²) in [6, 6.07) is 34.9. The second-order valence-corrected chi connectivity index (χ2v) is 44.8. The van der Waals surface area contributed by atoms with Crippen molar-refractivity contribution in [3.05, 3.63) is 158 Å². The molecular weight excluding hydrogens is 1220 g/mol. The molecule has 1 aliphatic rings. The molecule has 96 heavy (non-hydrogen) atoms. The Kier molecular flexibility index (Phi) is 26.4. The van der Waals surface area contributed by atoms with E-state index in [4.69, 9.17) is 27.6 Å². The van der Waals surface area contributed by atoms with E-state index in [1.54, 1.807) is 20.8 Å². The van der Waals surface area contributed by atoms with Crippen molar-refractivity contribution in [2.45, 2.75) is 320 Å². The molecule has 0 bridgehead atoms. The molecule has 1 aliphatic heterocycles. The maximum Gasteiger partial charge on any atom is 0.495 e. The lowest BCUT2D eigenvalue weighted by molar-refractivity contribution is -0.143. The van der Waals surface area contributed by atoms with Crippen LogP contribution in [0, 0.1) is 38.5 Å². The average molecular weight is 1350 g/mol. The first kappa shape index (κ1) is 81.9. The minimum atomic E-state index is -1.90. The zero-order valence-electron chi connectivity index (χ0n) is 66.5. The summed E-state index contributed by atoms with van der Waals surface area (Å²) in [6.45, 7) is 69.4. The Morgan fingerprint density at radius 3 is 1.20 bits per heavy atom. The molecule has 5 aromatic carbocycles. The Balaban J connectivity index is 0.000000355. The fourth-order valence-corrected chi connectivity index (χ4v) is 16.2. The van der Waals surface area contributed by atoms with Crippen molar-refractivity contribution in [2.75, 3.05) is 7.11 Å². The summed E-state index contributed by atoms with van der Waals surface area (Å²) < 4.78 is 37.2. The van der Waals surface area contributed by atoms with Crippen LogP contribution in [0.5, 0.6) is 0 Å². The van der Waals surface area contributed by atoms with Crippen molar-refractivity contribution in [1.29, 1.82) is 0 Å². The minimum absolute atomic E-state index is 0.0398. The number of nitrogens with one attached hydrogen (secondary N) is 1. The van der Waals surface area contributed by atoms with Gasteiger partial charge in [0.1, 0.15) is 5.60 Å². The van der Waals surface area contributed by atoms with Gasteiger partial charge in [-0.25, -0.2) is 9.59 Å². The van der Waals surface area contributed by atoms with Crippen LogP contribution in [0.25, 0.3) is 11.1 Å². The summed E-state index contributed by atoms with van der Waals surface area (Å²) in [6.07, 6.45) is 7.92. The van der Waals surface area contributed by atoms with E-state index >= 15 is 0 Å². The number of amides is 1. The summed E-state index contributed by atoms with van der Waals surface area (Å²) in [7, 11) is -2.79. The van der Waals surface area contributed by atoms with Gasteiger partial charge < -0.3 is 33.0 Å². The summed E-state index contributed by atoms with van der Waals surface area (Å²) in [4.78, 5) is 25.1. The lowest BCUT2D eigenvalue weighted by atomic mass is 9.67. The molecule has 1 amide bonds. The number of carbonyl (C=O) groups is 2. The Morgan fingerprint density at radius 2 is 0.875 bits per heavy atom. The summed E-state index contributed by atoms with van der Waals surface area (Å²) in [5.74, 6) is -0.562. The normalized spacial score (nSPS) is 15.9. The number of hydrogen-bond donors (Lipinski definition) is 1. The van der Waals surface area contributed by atoms with Crippen molar-refractivity contribution in [3.8, 4) is 11.1 Å². The van der Waals surface area contributed by atoms with Crippen LogP contribution in [0.2, 0.25) is 36.3 Å². The fraction of sp³-hybridized carbons (Fsp3) is 0.619. The largest absolute Gasteiger partial charge is 0.495 e. The molecule has 1 saturated heterocycles. The van der Waals surface area contributed by atoms with Crippen LogP contribution in [0.15, 0.2) is 97.1 Å². The molecule has 1 fully saturated rings. The second kappa shape index (κ2) is 31.0. The van der Waals surface area contributed by atoms with Crippen LogP contribution in [0.3, 0.4) is 0 Å². The third-order valence-electron chi connectivity index (χ3n) is 22.7. The smallest absolute Gasteiger partial charge is 0.467 e. The molecule has 2 unspecified atom stereocenters. The van der Waals surface area contributed by atoms with Gasteiger partial charge in [0.05, 0.1) is 30.5 Å². The van der Waals surface area contributed by atoms with E-state index < -0.39 is 40.3 Å². The monoisotopic (exact) mass is 1350 g/mol. The van der Waals surface area contributed by atoms with E-state index in [0.29, 0.717) is 5.56 Å². The van der Waals surface area contributed by atoms with Crippen LogP contribution in [0.1, 0.15) is 265 Å². The number of alkyl carbamates (subject to hydrolysis) is 1. The van der Waals surface area contributed by atoms with Crippen molar-refractivity contribution >= 4 is 41.3 Å². The summed E-state index contributed by atoms with van der Waals surface area (Å²) in [5, 5.41) is 3.05. The molecule has 0 aromatic heterocycles. The molecule has 12 heteroatoms. The Morgan fingerprint density at radius 1 is 0.510 bits per heavy atom. The molecule has 0 spiro atoms. The zero-order chi connectivity index (χ0) is 73.0. The highest BCUT2D eigenvalue weighted by molar-refractivity contribution is 6.74. The molecule has 532 valence electrons. The van der Waals surface area contributed by atoms with Gasteiger partial charge >= 0.3 is 19.2 Å². The van der Waals surface area contributed by atoms with Crippen molar-refractivity contribution in [1.82, 2.24) is 5.32 Å². The second-order valence-electron chi connectivity index (χ2n) is 35.3. The third-order valence-corrected chi connectivity index (χ3v) is 31.7. The average Bonchev–Trinajstić information content (AvgIpc) is 1.46. The van der Waals surface area contributed by atoms with Crippen LogP contribution < -0.4 is 10.8 Å². The molecular formula is C84H132BNO8Si2. The SMILES string of the molecule is CCC(CC)(c1ccc(CCC(O[Si](C)(C)C(C)(C)C)C(C)(C)C)c(C)c1)c1ccc(-c2ccc([C@H](NC(=O)OC(C)(C)C)C(=O)OC)cc2)c(C)c1.CCC(CC)(c1ccc(CCC(O[Si](C)(C)C(C)(C)C)C(C)(C)C)c(C)c1)c1ccc(B2OC(C)(C)C(C)(C)O2)c(C)c1. The molecule has 3 atom stereocenters. The van der Waals surface area contributed by atoms with Gasteiger partial charge in [0.2, 0.25) is 0 Å². The molecule has 9 nitrogen and oxygen atoms in total. The van der Waals surface area contributed by atoms with Crippen molar-refractivity contribution in [3.63, 3.8) is 0 Å². The number of rotatable bonds is 23. The predicted molar refractivity (Wildman–Crippen MR) is 412 cm³/mol.